The molecule has 0 saturated carbocycles. The van der Waals surface area contributed by atoms with E-state index in [4.69, 9.17) is 5.11 Å². The molecule has 78 valence electrons. The van der Waals surface area contributed by atoms with Crippen LogP contribution in [0.4, 0.5) is 4.79 Å². The lowest BCUT2D eigenvalue weighted by atomic mass is 10.2. The van der Waals surface area contributed by atoms with E-state index in [9.17, 15) is 4.79 Å². The number of carboxylic acid groups (broad SMARTS) is 1. The van der Waals surface area contributed by atoms with Gasteiger partial charge in [-0.05, 0) is 13.3 Å². The standard InChI is InChI=1S/C10H16N2O2/c1-2-12(10(13)14)9-4-3-6-11-7-5-8-11/h2,5-9H2,1H3,(H,13,14). The van der Waals surface area contributed by atoms with Crippen LogP contribution in [0.25, 0.3) is 0 Å². The van der Waals surface area contributed by atoms with Crippen molar-refractivity contribution in [2.45, 2.75) is 13.3 Å². The van der Waals surface area contributed by atoms with Gasteiger partial charge in [0.25, 0.3) is 0 Å². The molecule has 0 spiro atoms. The summed E-state index contributed by atoms with van der Waals surface area (Å²) in [6.45, 7) is 5.66. The van der Waals surface area contributed by atoms with Gasteiger partial charge >= 0.3 is 6.09 Å². The Morgan fingerprint density at radius 2 is 2.21 bits per heavy atom. The molecule has 1 fully saturated rings. The fraction of sp³-hybridized carbons (Fsp3) is 0.700. The summed E-state index contributed by atoms with van der Waals surface area (Å²) in [5.41, 5.74) is 0. The van der Waals surface area contributed by atoms with Crippen molar-refractivity contribution in [3.05, 3.63) is 0 Å². The third-order valence-electron chi connectivity index (χ3n) is 2.30. The first-order valence-corrected chi connectivity index (χ1v) is 4.90. The molecule has 0 aromatic carbocycles. The average Bonchev–Trinajstić information content (AvgIpc) is 2.07. The number of nitrogens with zero attached hydrogens (tertiary/aromatic N) is 2. The van der Waals surface area contributed by atoms with Crippen molar-refractivity contribution >= 4 is 6.09 Å². The quantitative estimate of drug-likeness (QED) is 0.676. The van der Waals surface area contributed by atoms with Crippen LogP contribution in [0.1, 0.15) is 13.3 Å². The van der Waals surface area contributed by atoms with Gasteiger partial charge in [-0.15, -0.1) is 0 Å². The topological polar surface area (TPSA) is 43.8 Å². The molecule has 14 heavy (non-hydrogen) atoms. The van der Waals surface area contributed by atoms with Crippen molar-refractivity contribution in [3.8, 4) is 11.8 Å². The van der Waals surface area contributed by atoms with Gasteiger partial charge < -0.3 is 5.11 Å². The third-order valence-corrected chi connectivity index (χ3v) is 2.30. The predicted molar refractivity (Wildman–Crippen MR) is 54.1 cm³/mol. The molecular weight excluding hydrogens is 180 g/mol. The molecule has 0 aromatic heterocycles. The summed E-state index contributed by atoms with van der Waals surface area (Å²) in [6, 6.07) is 0. The van der Waals surface area contributed by atoms with Crippen LogP contribution in [-0.2, 0) is 0 Å². The molecule has 1 amide bonds. The number of amides is 1. The van der Waals surface area contributed by atoms with Crippen LogP contribution in [0, 0.1) is 11.8 Å². The Morgan fingerprint density at radius 3 is 2.64 bits per heavy atom. The summed E-state index contributed by atoms with van der Waals surface area (Å²) in [5.74, 6) is 5.85. The molecule has 1 heterocycles. The molecule has 0 radical (unpaired) electrons. The monoisotopic (exact) mass is 196 g/mol. The van der Waals surface area contributed by atoms with Gasteiger partial charge in [0, 0.05) is 19.6 Å². The van der Waals surface area contributed by atoms with Gasteiger partial charge in [-0.2, -0.15) is 0 Å². The summed E-state index contributed by atoms with van der Waals surface area (Å²) in [5, 5.41) is 8.69. The fourth-order valence-electron chi connectivity index (χ4n) is 1.17. The Balaban J connectivity index is 2.18. The van der Waals surface area contributed by atoms with E-state index in [-0.39, 0.29) is 0 Å². The van der Waals surface area contributed by atoms with Crippen molar-refractivity contribution in [1.82, 2.24) is 9.80 Å². The first-order chi connectivity index (χ1) is 6.74. The van der Waals surface area contributed by atoms with E-state index < -0.39 is 6.09 Å². The number of carbonyl (C=O) groups is 1. The minimum atomic E-state index is -0.897. The average molecular weight is 196 g/mol. The number of hydrogen-bond donors (Lipinski definition) is 1. The van der Waals surface area contributed by atoms with Crippen LogP contribution < -0.4 is 0 Å². The van der Waals surface area contributed by atoms with Crippen molar-refractivity contribution < 1.29 is 9.90 Å². The lowest BCUT2D eigenvalue weighted by Gasteiger charge is -2.28. The molecular formula is C10H16N2O2. The van der Waals surface area contributed by atoms with Crippen molar-refractivity contribution in [2.75, 3.05) is 32.7 Å². The van der Waals surface area contributed by atoms with Gasteiger partial charge in [-0.25, -0.2) is 4.79 Å². The van der Waals surface area contributed by atoms with Crippen molar-refractivity contribution in [2.24, 2.45) is 0 Å². The molecule has 1 aliphatic rings. The Hall–Kier alpha value is -1.21. The number of rotatable bonds is 3. The predicted octanol–water partition coefficient (Wildman–Crippen LogP) is 0.695. The zero-order valence-corrected chi connectivity index (χ0v) is 8.49. The smallest absolute Gasteiger partial charge is 0.408 e. The molecule has 4 heteroatoms. The Morgan fingerprint density at radius 1 is 1.50 bits per heavy atom. The highest BCUT2D eigenvalue weighted by atomic mass is 16.4. The molecule has 0 atom stereocenters. The van der Waals surface area contributed by atoms with Gasteiger partial charge in [0.15, 0.2) is 0 Å². The molecule has 1 saturated heterocycles. The maximum Gasteiger partial charge on any atom is 0.408 e. The van der Waals surface area contributed by atoms with Crippen LogP contribution in [0.5, 0.6) is 0 Å². The zero-order chi connectivity index (χ0) is 10.4. The van der Waals surface area contributed by atoms with Crippen molar-refractivity contribution in [1.29, 1.82) is 0 Å². The summed E-state index contributed by atoms with van der Waals surface area (Å²) in [4.78, 5) is 14.1. The molecule has 1 aliphatic heterocycles. The Labute approximate surface area is 84.5 Å². The van der Waals surface area contributed by atoms with Gasteiger partial charge in [0.2, 0.25) is 0 Å². The normalized spacial score (nSPS) is 15.2. The second-order valence-corrected chi connectivity index (χ2v) is 3.28. The zero-order valence-electron chi connectivity index (χ0n) is 8.49. The summed E-state index contributed by atoms with van der Waals surface area (Å²) < 4.78 is 0. The minimum Gasteiger partial charge on any atom is -0.465 e. The molecule has 0 aliphatic carbocycles. The van der Waals surface area contributed by atoms with Gasteiger partial charge in [0.1, 0.15) is 0 Å². The Kier molecular flexibility index (Phi) is 4.27. The van der Waals surface area contributed by atoms with E-state index in [1.807, 2.05) is 6.92 Å². The van der Waals surface area contributed by atoms with E-state index >= 15 is 0 Å². The maximum atomic E-state index is 10.6. The third kappa shape index (κ3) is 3.27. The minimum absolute atomic E-state index is 0.319. The molecule has 0 unspecified atom stereocenters. The SMILES string of the molecule is CCN(CC#CCN1CCC1)C(=O)O. The van der Waals surface area contributed by atoms with Crippen molar-refractivity contribution in [3.63, 3.8) is 0 Å². The largest absolute Gasteiger partial charge is 0.465 e. The van der Waals surface area contributed by atoms with E-state index in [0.29, 0.717) is 13.1 Å². The van der Waals surface area contributed by atoms with E-state index in [1.54, 1.807) is 0 Å². The second-order valence-electron chi connectivity index (χ2n) is 3.28. The molecule has 0 aromatic rings. The Bertz CT molecular complexity index is 251. The first-order valence-electron chi connectivity index (χ1n) is 4.90. The highest BCUT2D eigenvalue weighted by Crippen LogP contribution is 2.02. The molecule has 0 bridgehead atoms. The van der Waals surface area contributed by atoms with Crippen LogP contribution >= 0.6 is 0 Å². The highest BCUT2D eigenvalue weighted by Gasteiger charge is 2.11. The summed E-state index contributed by atoms with van der Waals surface area (Å²) >= 11 is 0. The van der Waals surface area contributed by atoms with Crippen LogP contribution in [-0.4, -0.2) is 53.7 Å². The lowest BCUT2D eigenvalue weighted by Crippen LogP contribution is -2.37. The van der Waals surface area contributed by atoms with Crippen LogP contribution in [0.3, 0.4) is 0 Å². The second kappa shape index (κ2) is 5.51. The van der Waals surface area contributed by atoms with Gasteiger partial charge in [0.05, 0.1) is 13.1 Å². The van der Waals surface area contributed by atoms with E-state index in [2.05, 4.69) is 16.7 Å². The molecule has 1 rings (SSSR count). The highest BCUT2D eigenvalue weighted by molar-refractivity contribution is 5.65. The summed E-state index contributed by atoms with van der Waals surface area (Å²) in [7, 11) is 0. The lowest BCUT2D eigenvalue weighted by molar-refractivity contribution is 0.153. The fourth-order valence-corrected chi connectivity index (χ4v) is 1.17. The number of hydrogen-bond acceptors (Lipinski definition) is 2. The number of likely N-dealkylation sites (tertiary alicyclic amines) is 1. The molecule has 1 N–H and O–H groups in total. The van der Waals surface area contributed by atoms with Crippen LogP contribution in [0.15, 0.2) is 0 Å². The van der Waals surface area contributed by atoms with Gasteiger partial charge in [-0.1, -0.05) is 11.8 Å². The van der Waals surface area contributed by atoms with E-state index in [1.165, 1.54) is 11.3 Å². The van der Waals surface area contributed by atoms with Crippen LogP contribution in [0.2, 0.25) is 0 Å². The first kappa shape index (κ1) is 10.9. The molecule has 4 nitrogen and oxygen atoms in total. The maximum absolute atomic E-state index is 10.6. The van der Waals surface area contributed by atoms with E-state index in [0.717, 1.165) is 19.6 Å². The van der Waals surface area contributed by atoms with Gasteiger partial charge in [-0.3, -0.25) is 9.80 Å². The summed E-state index contributed by atoms with van der Waals surface area (Å²) in [6.07, 6.45) is 0.364.